The molecule has 0 bridgehead atoms. The zero-order chi connectivity index (χ0) is 20.9. The lowest BCUT2D eigenvalue weighted by Crippen LogP contribution is -2.38. The molecule has 4 rings (SSSR count). The minimum atomic E-state index is -0.258. The topological polar surface area (TPSA) is 58.6 Å². The van der Waals surface area contributed by atoms with Crippen LogP contribution in [-0.4, -0.2) is 18.4 Å². The van der Waals surface area contributed by atoms with Gasteiger partial charge < -0.3 is 15.0 Å². The molecule has 1 aliphatic rings. The number of nitrogens with one attached hydrogen (secondary N) is 1. The van der Waals surface area contributed by atoms with E-state index in [-0.39, 0.29) is 18.4 Å². The number of anilines is 2. The molecule has 0 aliphatic carbocycles. The maximum atomic E-state index is 12.5. The molecule has 0 saturated heterocycles. The van der Waals surface area contributed by atoms with E-state index in [9.17, 15) is 9.59 Å². The first kappa shape index (κ1) is 19.7. The van der Waals surface area contributed by atoms with Gasteiger partial charge in [-0.2, -0.15) is 0 Å². The van der Waals surface area contributed by atoms with Gasteiger partial charge in [0.1, 0.15) is 5.75 Å². The lowest BCUT2D eigenvalue weighted by Gasteiger charge is -2.30. The standard InChI is InChI=1S/C24H19ClN2O3/c25-19-9-6-18(7-10-19)15-27-21-14-20(11-12-22(21)30-16-24(27)29)26-23(28)13-8-17-4-2-1-3-5-17/h1-14H,15-16H2,(H,26,28)/b13-8+. The van der Waals surface area contributed by atoms with E-state index in [1.54, 1.807) is 41.3 Å². The third-order valence-electron chi connectivity index (χ3n) is 4.65. The first-order valence-corrected chi connectivity index (χ1v) is 9.82. The van der Waals surface area contributed by atoms with Crippen molar-refractivity contribution in [2.24, 2.45) is 0 Å². The highest BCUT2D eigenvalue weighted by Crippen LogP contribution is 2.35. The van der Waals surface area contributed by atoms with Crippen LogP contribution in [0.4, 0.5) is 11.4 Å². The van der Waals surface area contributed by atoms with Crippen LogP contribution in [0.5, 0.6) is 5.75 Å². The van der Waals surface area contributed by atoms with E-state index in [4.69, 9.17) is 16.3 Å². The summed E-state index contributed by atoms with van der Waals surface area (Å²) in [6.07, 6.45) is 3.22. The Hall–Kier alpha value is -3.57. The van der Waals surface area contributed by atoms with Gasteiger partial charge >= 0.3 is 0 Å². The largest absolute Gasteiger partial charge is 0.482 e. The van der Waals surface area contributed by atoms with E-state index >= 15 is 0 Å². The minimum Gasteiger partial charge on any atom is -0.482 e. The molecular formula is C24H19ClN2O3. The van der Waals surface area contributed by atoms with Crippen molar-refractivity contribution in [2.75, 3.05) is 16.8 Å². The molecule has 0 unspecified atom stereocenters. The Bertz CT molecular complexity index is 1100. The van der Waals surface area contributed by atoms with Crippen LogP contribution in [0.2, 0.25) is 5.02 Å². The molecule has 5 nitrogen and oxygen atoms in total. The summed E-state index contributed by atoms with van der Waals surface area (Å²) in [6.45, 7) is 0.365. The summed E-state index contributed by atoms with van der Waals surface area (Å²) in [6, 6.07) is 22.2. The smallest absolute Gasteiger partial charge is 0.265 e. The lowest BCUT2D eigenvalue weighted by molar-refractivity contribution is -0.121. The first-order chi connectivity index (χ1) is 14.6. The molecule has 1 heterocycles. The number of hydrogen-bond donors (Lipinski definition) is 1. The predicted molar refractivity (Wildman–Crippen MR) is 119 cm³/mol. The van der Waals surface area contributed by atoms with Gasteiger partial charge in [-0.15, -0.1) is 0 Å². The second-order valence-corrected chi connectivity index (χ2v) is 7.25. The molecule has 30 heavy (non-hydrogen) atoms. The fraction of sp³-hybridized carbons (Fsp3) is 0.0833. The van der Waals surface area contributed by atoms with Gasteiger partial charge in [0.2, 0.25) is 5.91 Å². The molecule has 0 aromatic heterocycles. The normalized spacial score (nSPS) is 13.1. The molecule has 0 spiro atoms. The Morgan fingerprint density at radius 3 is 2.60 bits per heavy atom. The molecule has 0 saturated carbocycles. The number of ether oxygens (including phenoxy) is 1. The van der Waals surface area contributed by atoms with Crippen LogP contribution in [0.3, 0.4) is 0 Å². The SMILES string of the molecule is O=C(/C=C/c1ccccc1)Nc1ccc2c(c1)N(Cc1ccc(Cl)cc1)C(=O)CO2. The highest BCUT2D eigenvalue weighted by Gasteiger charge is 2.26. The summed E-state index contributed by atoms with van der Waals surface area (Å²) in [5.74, 6) is 0.192. The quantitative estimate of drug-likeness (QED) is 0.598. The van der Waals surface area contributed by atoms with Crippen LogP contribution in [0.1, 0.15) is 11.1 Å². The molecule has 2 amide bonds. The first-order valence-electron chi connectivity index (χ1n) is 9.44. The van der Waals surface area contributed by atoms with E-state index < -0.39 is 0 Å². The predicted octanol–water partition coefficient (Wildman–Crippen LogP) is 4.92. The van der Waals surface area contributed by atoms with Gasteiger partial charge in [0.05, 0.1) is 12.2 Å². The highest BCUT2D eigenvalue weighted by atomic mass is 35.5. The number of benzene rings is 3. The van der Waals surface area contributed by atoms with E-state index in [0.717, 1.165) is 11.1 Å². The number of fused-ring (bicyclic) bond motifs is 1. The maximum Gasteiger partial charge on any atom is 0.265 e. The number of halogens is 1. The van der Waals surface area contributed by atoms with Crippen molar-refractivity contribution in [1.29, 1.82) is 0 Å². The molecule has 3 aromatic rings. The Morgan fingerprint density at radius 1 is 1.07 bits per heavy atom. The number of hydrogen-bond acceptors (Lipinski definition) is 3. The van der Waals surface area contributed by atoms with Gasteiger partial charge in [0.15, 0.2) is 6.61 Å². The van der Waals surface area contributed by atoms with Gasteiger partial charge in [-0.05, 0) is 47.5 Å². The molecule has 1 aliphatic heterocycles. The van der Waals surface area contributed by atoms with E-state index in [0.29, 0.717) is 28.7 Å². The number of carbonyl (C=O) groups is 2. The number of carbonyl (C=O) groups excluding carboxylic acids is 2. The molecule has 150 valence electrons. The maximum absolute atomic E-state index is 12.5. The van der Waals surface area contributed by atoms with Gasteiger partial charge in [0, 0.05) is 16.8 Å². The number of amides is 2. The highest BCUT2D eigenvalue weighted by molar-refractivity contribution is 6.30. The van der Waals surface area contributed by atoms with Crippen LogP contribution in [0.15, 0.2) is 78.9 Å². The van der Waals surface area contributed by atoms with Crippen molar-refractivity contribution < 1.29 is 14.3 Å². The average molecular weight is 419 g/mol. The third kappa shape index (κ3) is 4.70. The van der Waals surface area contributed by atoms with Crippen molar-refractivity contribution in [3.05, 3.63) is 95.0 Å². The van der Waals surface area contributed by atoms with Gasteiger partial charge in [-0.25, -0.2) is 0 Å². The van der Waals surface area contributed by atoms with E-state index in [1.807, 2.05) is 42.5 Å². The summed E-state index contributed by atoms with van der Waals surface area (Å²) >= 11 is 5.95. The fourth-order valence-electron chi connectivity index (χ4n) is 3.15. The van der Waals surface area contributed by atoms with E-state index in [1.165, 1.54) is 6.08 Å². The fourth-order valence-corrected chi connectivity index (χ4v) is 3.27. The van der Waals surface area contributed by atoms with Crippen molar-refractivity contribution in [2.45, 2.75) is 6.54 Å². The Morgan fingerprint density at radius 2 is 1.83 bits per heavy atom. The summed E-state index contributed by atoms with van der Waals surface area (Å²) in [7, 11) is 0. The van der Waals surface area contributed by atoms with Crippen molar-refractivity contribution >= 4 is 40.9 Å². The molecule has 0 radical (unpaired) electrons. The third-order valence-corrected chi connectivity index (χ3v) is 4.90. The molecule has 0 atom stereocenters. The van der Waals surface area contributed by atoms with Gasteiger partial charge in [0.25, 0.3) is 5.91 Å². The zero-order valence-corrected chi connectivity index (χ0v) is 16.8. The van der Waals surface area contributed by atoms with Crippen LogP contribution in [-0.2, 0) is 16.1 Å². The molecular weight excluding hydrogens is 400 g/mol. The lowest BCUT2D eigenvalue weighted by atomic mass is 10.1. The molecule has 1 N–H and O–H groups in total. The second-order valence-electron chi connectivity index (χ2n) is 6.81. The van der Waals surface area contributed by atoms with Crippen LogP contribution in [0, 0.1) is 0 Å². The second kappa shape index (κ2) is 8.84. The number of rotatable bonds is 5. The van der Waals surface area contributed by atoms with Crippen LogP contribution >= 0.6 is 11.6 Å². The minimum absolute atomic E-state index is 0.0217. The summed E-state index contributed by atoms with van der Waals surface area (Å²) < 4.78 is 5.55. The van der Waals surface area contributed by atoms with Crippen LogP contribution < -0.4 is 15.0 Å². The van der Waals surface area contributed by atoms with Crippen molar-refractivity contribution in [3.63, 3.8) is 0 Å². The molecule has 3 aromatic carbocycles. The monoisotopic (exact) mass is 418 g/mol. The average Bonchev–Trinajstić information content (AvgIpc) is 2.76. The Labute approximate surface area is 179 Å². The molecule has 6 heteroatoms. The van der Waals surface area contributed by atoms with E-state index in [2.05, 4.69) is 5.32 Å². The zero-order valence-electron chi connectivity index (χ0n) is 16.0. The Kier molecular flexibility index (Phi) is 5.82. The van der Waals surface area contributed by atoms with Gasteiger partial charge in [-0.3, -0.25) is 9.59 Å². The van der Waals surface area contributed by atoms with Crippen molar-refractivity contribution in [1.82, 2.24) is 0 Å². The summed E-state index contributed by atoms with van der Waals surface area (Å²) in [5.41, 5.74) is 3.08. The number of nitrogens with zero attached hydrogens (tertiary/aromatic N) is 1. The Balaban J connectivity index is 1.52. The van der Waals surface area contributed by atoms with Crippen molar-refractivity contribution in [3.8, 4) is 5.75 Å². The summed E-state index contributed by atoms with van der Waals surface area (Å²) in [4.78, 5) is 26.4. The summed E-state index contributed by atoms with van der Waals surface area (Å²) in [5, 5.41) is 3.47. The van der Waals surface area contributed by atoms with Gasteiger partial charge in [-0.1, -0.05) is 54.1 Å². The van der Waals surface area contributed by atoms with Crippen LogP contribution in [0.25, 0.3) is 6.08 Å². The molecule has 0 fully saturated rings.